The van der Waals surface area contributed by atoms with Crippen molar-refractivity contribution in [3.8, 4) is 0 Å². The van der Waals surface area contributed by atoms with Gasteiger partial charge in [0.15, 0.2) is 0 Å². The van der Waals surface area contributed by atoms with Crippen molar-refractivity contribution in [3.05, 3.63) is 12.2 Å². The van der Waals surface area contributed by atoms with Crippen LogP contribution in [0.25, 0.3) is 0 Å². The summed E-state index contributed by atoms with van der Waals surface area (Å²) in [6, 6.07) is 0.943. The second-order valence-electron chi connectivity index (χ2n) is 5.71. The summed E-state index contributed by atoms with van der Waals surface area (Å²) in [6.45, 7) is 4.32. The maximum Gasteiger partial charge on any atom is 0.138 e. The van der Waals surface area contributed by atoms with E-state index in [2.05, 4.69) is 36.3 Å². The molecule has 102 valence electrons. The van der Waals surface area contributed by atoms with Crippen LogP contribution >= 0.6 is 0 Å². The molecule has 0 radical (unpaired) electrons. The molecule has 2 rings (SSSR count). The topological polar surface area (TPSA) is 42.7 Å². The maximum absolute atomic E-state index is 4.43. The number of nitrogens with zero attached hydrogens (tertiary/aromatic N) is 3. The van der Waals surface area contributed by atoms with Crippen molar-refractivity contribution < 1.29 is 0 Å². The summed E-state index contributed by atoms with van der Waals surface area (Å²) in [5, 5.41) is 7.82. The molecule has 0 spiro atoms. The van der Waals surface area contributed by atoms with E-state index in [0.717, 1.165) is 18.2 Å². The summed E-state index contributed by atoms with van der Waals surface area (Å²) in [5.74, 6) is 1.93. The minimum Gasteiger partial charge on any atom is -0.316 e. The van der Waals surface area contributed by atoms with Crippen molar-refractivity contribution in [2.45, 2.75) is 64.5 Å². The average Bonchev–Trinajstić information content (AvgIpc) is 2.85. The molecule has 0 saturated heterocycles. The molecule has 18 heavy (non-hydrogen) atoms. The Bertz CT molecular complexity index is 352. The lowest BCUT2D eigenvalue weighted by Crippen LogP contribution is -2.37. The Hall–Kier alpha value is -0.900. The number of nitrogens with one attached hydrogen (secondary N) is 1. The highest BCUT2D eigenvalue weighted by molar-refractivity contribution is 4.93. The van der Waals surface area contributed by atoms with Crippen LogP contribution in [-0.2, 0) is 6.42 Å². The first-order valence-electron chi connectivity index (χ1n) is 7.28. The third-order valence-electron chi connectivity index (χ3n) is 4.13. The second kappa shape index (κ2) is 6.32. The van der Waals surface area contributed by atoms with Gasteiger partial charge in [-0.2, -0.15) is 5.10 Å². The summed E-state index contributed by atoms with van der Waals surface area (Å²) < 4.78 is 2.05. The van der Waals surface area contributed by atoms with Gasteiger partial charge in [-0.3, -0.25) is 0 Å². The van der Waals surface area contributed by atoms with Gasteiger partial charge in [0.2, 0.25) is 0 Å². The quantitative estimate of drug-likeness (QED) is 0.873. The van der Waals surface area contributed by atoms with Crippen LogP contribution in [0.15, 0.2) is 6.33 Å². The number of likely N-dealkylation sites (N-methyl/N-ethyl adjacent to an activating group) is 1. The molecule has 1 saturated carbocycles. The molecule has 0 bridgehead atoms. The molecule has 4 nitrogen and oxygen atoms in total. The van der Waals surface area contributed by atoms with E-state index in [0.29, 0.717) is 12.1 Å². The first-order chi connectivity index (χ1) is 8.72. The van der Waals surface area contributed by atoms with Crippen LogP contribution in [0.2, 0.25) is 0 Å². The molecule has 1 fully saturated rings. The van der Waals surface area contributed by atoms with E-state index in [4.69, 9.17) is 0 Å². The van der Waals surface area contributed by atoms with Gasteiger partial charge in [-0.1, -0.05) is 19.3 Å². The highest BCUT2D eigenvalue weighted by Gasteiger charge is 2.24. The zero-order valence-electron chi connectivity index (χ0n) is 11.9. The monoisotopic (exact) mass is 250 g/mol. The third-order valence-corrected chi connectivity index (χ3v) is 4.13. The zero-order chi connectivity index (χ0) is 13.0. The van der Waals surface area contributed by atoms with Crippen molar-refractivity contribution in [1.82, 2.24) is 20.1 Å². The molecule has 4 heteroatoms. The molecular formula is C14H26N4. The normalized spacial score (nSPS) is 19.3. The van der Waals surface area contributed by atoms with Crippen LogP contribution < -0.4 is 5.32 Å². The van der Waals surface area contributed by atoms with E-state index < -0.39 is 0 Å². The highest BCUT2D eigenvalue weighted by Crippen LogP contribution is 2.27. The van der Waals surface area contributed by atoms with Gasteiger partial charge < -0.3 is 5.32 Å². The van der Waals surface area contributed by atoms with E-state index in [-0.39, 0.29) is 0 Å². The Kier molecular flexibility index (Phi) is 4.75. The fourth-order valence-corrected chi connectivity index (χ4v) is 3.09. The summed E-state index contributed by atoms with van der Waals surface area (Å²) >= 11 is 0. The van der Waals surface area contributed by atoms with Crippen molar-refractivity contribution in [2.24, 2.45) is 5.92 Å². The van der Waals surface area contributed by atoms with E-state index in [1.54, 1.807) is 6.33 Å². The summed E-state index contributed by atoms with van der Waals surface area (Å²) in [7, 11) is 2.08. The predicted octanol–water partition coefficient (Wildman–Crippen LogP) is 2.57. The van der Waals surface area contributed by atoms with Crippen LogP contribution in [0, 0.1) is 5.92 Å². The standard InChI is InChI=1S/C14H26N4/c1-11(2)18-14(16-10-17-18)9-13(15-3)12-7-5-4-6-8-12/h10-13,15H,4-9H2,1-3H3. The minimum atomic E-state index is 0.395. The van der Waals surface area contributed by atoms with Gasteiger partial charge in [-0.25, -0.2) is 9.67 Å². The molecule has 0 aromatic carbocycles. The van der Waals surface area contributed by atoms with Crippen LogP contribution in [-0.4, -0.2) is 27.9 Å². The lowest BCUT2D eigenvalue weighted by molar-refractivity contribution is 0.271. The highest BCUT2D eigenvalue weighted by atomic mass is 15.3. The fourth-order valence-electron chi connectivity index (χ4n) is 3.09. The van der Waals surface area contributed by atoms with Crippen LogP contribution in [0.3, 0.4) is 0 Å². The first-order valence-corrected chi connectivity index (χ1v) is 7.28. The molecule has 0 amide bonds. The van der Waals surface area contributed by atoms with E-state index in [1.807, 2.05) is 4.68 Å². The maximum atomic E-state index is 4.43. The smallest absolute Gasteiger partial charge is 0.138 e. The van der Waals surface area contributed by atoms with Gasteiger partial charge in [0.05, 0.1) is 0 Å². The largest absolute Gasteiger partial charge is 0.316 e. The van der Waals surface area contributed by atoms with E-state index >= 15 is 0 Å². The minimum absolute atomic E-state index is 0.395. The van der Waals surface area contributed by atoms with Crippen LogP contribution in [0.5, 0.6) is 0 Å². The molecule has 1 atom stereocenters. The number of aromatic nitrogens is 3. The van der Waals surface area contributed by atoms with Crippen molar-refractivity contribution >= 4 is 0 Å². The van der Waals surface area contributed by atoms with Gasteiger partial charge in [-0.05, 0) is 39.7 Å². The van der Waals surface area contributed by atoms with E-state index in [9.17, 15) is 0 Å². The zero-order valence-corrected chi connectivity index (χ0v) is 11.9. The van der Waals surface area contributed by atoms with Gasteiger partial charge in [0.1, 0.15) is 12.2 Å². The van der Waals surface area contributed by atoms with Gasteiger partial charge in [0.25, 0.3) is 0 Å². The fraction of sp³-hybridized carbons (Fsp3) is 0.857. The number of rotatable bonds is 5. The predicted molar refractivity (Wildman–Crippen MR) is 73.5 cm³/mol. The Morgan fingerprint density at radius 2 is 2.06 bits per heavy atom. The molecule has 1 unspecified atom stereocenters. The lowest BCUT2D eigenvalue weighted by atomic mass is 9.82. The SMILES string of the molecule is CNC(Cc1ncnn1C(C)C)C1CCCCC1. The second-order valence-corrected chi connectivity index (χ2v) is 5.71. The van der Waals surface area contributed by atoms with Gasteiger partial charge >= 0.3 is 0 Å². The van der Waals surface area contributed by atoms with E-state index in [1.165, 1.54) is 32.1 Å². The Balaban J connectivity index is 2.02. The summed E-state index contributed by atoms with van der Waals surface area (Å²) in [6.07, 6.45) is 9.60. The first kappa shape index (κ1) is 13.5. The van der Waals surface area contributed by atoms with Crippen molar-refractivity contribution in [3.63, 3.8) is 0 Å². The Morgan fingerprint density at radius 3 is 2.67 bits per heavy atom. The van der Waals surface area contributed by atoms with Gasteiger partial charge in [0, 0.05) is 18.5 Å². The number of hydrogen-bond acceptors (Lipinski definition) is 3. The summed E-state index contributed by atoms with van der Waals surface area (Å²) in [5.41, 5.74) is 0. The van der Waals surface area contributed by atoms with Gasteiger partial charge in [-0.15, -0.1) is 0 Å². The molecular weight excluding hydrogens is 224 g/mol. The van der Waals surface area contributed by atoms with Crippen LogP contribution in [0.4, 0.5) is 0 Å². The molecule has 1 aliphatic carbocycles. The van der Waals surface area contributed by atoms with Crippen molar-refractivity contribution in [2.75, 3.05) is 7.05 Å². The van der Waals surface area contributed by atoms with Crippen molar-refractivity contribution in [1.29, 1.82) is 0 Å². The average molecular weight is 250 g/mol. The molecule has 1 aromatic heterocycles. The lowest BCUT2D eigenvalue weighted by Gasteiger charge is -2.30. The molecule has 1 aliphatic rings. The Morgan fingerprint density at radius 1 is 1.33 bits per heavy atom. The number of hydrogen-bond donors (Lipinski definition) is 1. The summed E-state index contributed by atoms with van der Waals surface area (Å²) in [4.78, 5) is 4.43. The molecule has 1 heterocycles. The van der Waals surface area contributed by atoms with Crippen LogP contribution in [0.1, 0.15) is 57.8 Å². The molecule has 1 N–H and O–H groups in total. The molecule has 1 aromatic rings. The Labute approximate surface area is 110 Å². The molecule has 0 aliphatic heterocycles. The third kappa shape index (κ3) is 3.10.